The summed E-state index contributed by atoms with van der Waals surface area (Å²) in [4.78, 5) is 20.8. The maximum atomic E-state index is 12.2. The van der Waals surface area contributed by atoms with E-state index in [2.05, 4.69) is 20.6 Å². The van der Waals surface area contributed by atoms with E-state index in [0.717, 1.165) is 22.5 Å². The van der Waals surface area contributed by atoms with Gasteiger partial charge in [-0.05, 0) is 58.0 Å². The van der Waals surface area contributed by atoms with Gasteiger partial charge in [-0.3, -0.25) is 9.78 Å². The van der Waals surface area contributed by atoms with Crippen molar-refractivity contribution in [2.45, 2.75) is 33.7 Å². The van der Waals surface area contributed by atoms with E-state index in [1.54, 1.807) is 25.7 Å². The Morgan fingerprint density at radius 2 is 1.90 bits per heavy atom. The van der Waals surface area contributed by atoms with E-state index < -0.39 is 0 Å². The lowest BCUT2D eigenvalue weighted by Gasteiger charge is -2.09. The van der Waals surface area contributed by atoms with Gasteiger partial charge in [0, 0.05) is 47.5 Å². The molecule has 0 unspecified atom stereocenters. The molecule has 2 heterocycles. The third-order valence-corrected chi connectivity index (χ3v) is 4.09. The van der Waals surface area contributed by atoms with Crippen LogP contribution in [0.15, 0.2) is 72.5 Å². The standard InChI is InChI=1S/C23H28N4O2/c1-6-17(21(7-2)29-5)10-11-25-22-9-8-18(15-26-22)19-12-20(14-24-13-19)23(28)27-16(3)4/h6-16H,1-5H3,(H,25,26)(H,27,28)/b11-10+,17-6-,21-7+. The fourth-order valence-electron chi connectivity index (χ4n) is 2.66. The molecule has 0 saturated heterocycles. The molecule has 0 atom stereocenters. The quantitative estimate of drug-likeness (QED) is 0.503. The summed E-state index contributed by atoms with van der Waals surface area (Å²) in [5.41, 5.74) is 3.22. The Morgan fingerprint density at radius 1 is 1.10 bits per heavy atom. The number of carbonyl (C=O) groups excluding carboxylic acids is 1. The Hall–Kier alpha value is -3.41. The lowest BCUT2D eigenvalue weighted by atomic mass is 10.1. The molecule has 2 aromatic rings. The van der Waals surface area contributed by atoms with Crippen LogP contribution in [-0.4, -0.2) is 29.0 Å². The molecule has 152 valence electrons. The van der Waals surface area contributed by atoms with Crippen LogP contribution >= 0.6 is 0 Å². The summed E-state index contributed by atoms with van der Waals surface area (Å²) < 4.78 is 5.33. The van der Waals surface area contributed by atoms with Crippen LogP contribution in [0.4, 0.5) is 5.82 Å². The number of anilines is 1. The van der Waals surface area contributed by atoms with Crippen molar-refractivity contribution in [2.75, 3.05) is 12.4 Å². The van der Waals surface area contributed by atoms with E-state index in [4.69, 9.17) is 4.74 Å². The largest absolute Gasteiger partial charge is 0.496 e. The van der Waals surface area contributed by atoms with Gasteiger partial charge in [-0.15, -0.1) is 0 Å². The lowest BCUT2D eigenvalue weighted by Crippen LogP contribution is -2.30. The fourth-order valence-corrected chi connectivity index (χ4v) is 2.66. The highest BCUT2D eigenvalue weighted by atomic mass is 16.5. The fraction of sp³-hybridized carbons (Fsp3) is 0.261. The van der Waals surface area contributed by atoms with Crippen LogP contribution in [0.5, 0.6) is 0 Å². The molecule has 6 heteroatoms. The zero-order chi connectivity index (χ0) is 21.2. The first-order valence-electron chi connectivity index (χ1n) is 9.50. The summed E-state index contributed by atoms with van der Waals surface area (Å²) in [5.74, 6) is 1.38. The van der Waals surface area contributed by atoms with Gasteiger partial charge in [-0.25, -0.2) is 4.98 Å². The second-order valence-corrected chi connectivity index (χ2v) is 6.60. The van der Waals surface area contributed by atoms with Crippen LogP contribution in [0.1, 0.15) is 38.1 Å². The Bertz CT molecular complexity index is 913. The molecule has 0 aromatic carbocycles. The van der Waals surface area contributed by atoms with Gasteiger partial charge in [0.1, 0.15) is 11.6 Å². The zero-order valence-corrected chi connectivity index (χ0v) is 17.6. The van der Waals surface area contributed by atoms with Crippen LogP contribution in [0.3, 0.4) is 0 Å². The summed E-state index contributed by atoms with van der Waals surface area (Å²) in [6.07, 6.45) is 12.7. The van der Waals surface area contributed by atoms with Crippen molar-refractivity contribution in [3.05, 3.63) is 78.1 Å². The number of carbonyl (C=O) groups is 1. The molecular weight excluding hydrogens is 364 g/mol. The number of nitrogens with zero attached hydrogens (tertiary/aromatic N) is 2. The Morgan fingerprint density at radius 3 is 2.48 bits per heavy atom. The molecule has 0 spiro atoms. The second-order valence-electron chi connectivity index (χ2n) is 6.60. The Balaban J connectivity index is 2.09. The smallest absolute Gasteiger partial charge is 0.253 e. The topological polar surface area (TPSA) is 76.1 Å². The molecule has 0 aliphatic rings. The van der Waals surface area contributed by atoms with Crippen molar-refractivity contribution >= 4 is 11.7 Å². The van der Waals surface area contributed by atoms with Gasteiger partial charge in [0.05, 0.1) is 12.7 Å². The molecule has 2 N–H and O–H groups in total. The minimum Gasteiger partial charge on any atom is -0.496 e. The molecule has 0 fully saturated rings. The van der Waals surface area contributed by atoms with Crippen molar-refractivity contribution < 1.29 is 9.53 Å². The molecule has 0 saturated carbocycles. The number of amides is 1. The maximum absolute atomic E-state index is 12.2. The number of allylic oxidation sites excluding steroid dienone is 3. The van der Waals surface area contributed by atoms with Crippen LogP contribution in [0.2, 0.25) is 0 Å². The normalized spacial score (nSPS) is 12.3. The van der Waals surface area contributed by atoms with Crippen molar-refractivity contribution in [3.63, 3.8) is 0 Å². The molecular formula is C23H28N4O2. The Labute approximate surface area is 172 Å². The monoisotopic (exact) mass is 392 g/mol. The summed E-state index contributed by atoms with van der Waals surface area (Å²) in [5, 5.41) is 6.02. The highest BCUT2D eigenvalue weighted by Gasteiger charge is 2.09. The Kier molecular flexibility index (Phi) is 8.15. The lowest BCUT2D eigenvalue weighted by molar-refractivity contribution is 0.0943. The molecule has 29 heavy (non-hydrogen) atoms. The first-order valence-corrected chi connectivity index (χ1v) is 9.50. The predicted octanol–water partition coefficient (Wildman–Crippen LogP) is 4.70. The van der Waals surface area contributed by atoms with Crippen molar-refractivity contribution in [3.8, 4) is 11.1 Å². The average Bonchev–Trinajstić information content (AvgIpc) is 2.73. The van der Waals surface area contributed by atoms with Crippen molar-refractivity contribution in [1.82, 2.24) is 15.3 Å². The molecule has 0 aliphatic heterocycles. The molecule has 6 nitrogen and oxygen atoms in total. The molecule has 0 bridgehead atoms. The molecule has 0 aliphatic carbocycles. The molecule has 2 aromatic heterocycles. The van der Waals surface area contributed by atoms with Crippen LogP contribution < -0.4 is 10.6 Å². The minimum absolute atomic E-state index is 0.0714. The van der Waals surface area contributed by atoms with Gasteiger partial charge < -0.3 is 15.4 Å². The number of hydrogen-bond donors (Lipinski definition) is 2. The third-order valence-electron chi connectivity index (χ3n) is 4.09. The second kappa shape index (κ2) is 10.8. The summed E-state index contributed by atoms with van der Waals surface area (Å²) >= 11 is 0. The first-order chi connectivity index (χ1) is 14.0. The summed E-state index contributed by atoms with van der Waals surface area (Å²) in [7, 11) is 1.65. The van der Waals surface area contributed by atoms with Gasteiger partial charge in [-0.1, -0.05) is 6.08 Å². The number of methoxy groups -OCH3 is 1. The highest BCUT2D eigenvalue weighted by Crippen LogP contribution is 2.20. The predicted molar refractivity (Wildman–Crippen MR) is 117 cm³/mol. The van der Waals surface area contributed by atoms with E-state index in [1.807, 2.05) is 70.3 Å². The van der Waals surface area contributed by atoms with Crippen molar-refractivity contribution in [2.24, 2.45) is 0 Å². The average molecular weight is 393 g/mol. The maximum Gasteiger partial charge on any atom is 0.253 e. The van der Waals surface area contributed by atoms with Gasteiger partial charge in [0.25, 0.3) is 5.91 Å². The van der Waals surface area contributed by atoms with Crippen LogP contribution in [-0.2, 0) is 4.74 Å². The van der Waals surface area contributed by atoms with E-state index in [1.165, 1.54) is 0 Å². The SMILES string of the molecule is C/C=C(/C=C/Nc1ccc(-c2cncc(C(=O)NC(C)C)c2)cn1)C(=C/C)\OC. The summed E-state index contributed by atoms with van der Waals surface area (Å²) in [6, 6.07) is 5.70. The number of rotatable bonds is 8. The molecule has 2 rings (SSSR count). The number of aromatic nitrogens is 2. The highest BCUT2D eigenvalue weighted by molar-refractivity contribution is 5.95. The van der Waals surface area contributed by atoms with Gasteiger partial charge in [-0.2, -0.15) is 0 Å². The molecule has 0 radical (unpaired) electrons. The van der Waals surface area contributed by atoms with Crippen LogP contribution in [0, 0.1) is 0 Å². The van der Waals surface area contributed by atoms with E-state index >= 15 is 0 Å². The summed E-state index contributed by atoms with van der Waals surface area (Å²) in [6.45, 7) is 7.74. The third kappa shape index (κ3) is 6.31. The number of ether oxygens (including phenoxy) is 1. The van der Waals surface area contributed by atoms with Gasteiger partial charge >= 0.3 is 0 Å². The van der Waals surface area contributed by atoms with E-state index in [-0.39, 0.29) is 11.9 Å². The number of nitrogens with one attached hydrogen (secondary N) is 2. The van der Waals surface area contributed by atoms with Gasteiger partial charge in [0.15, 0.2) is 0 Å². The number of pyridine rings is 2. The van der Waals surface area contributed by atoms with Crippen molar-refractivity contribution in [1.29, 1.82) is 0 Å². The first kappa shape index (κ1) is 21.9. The van der Waals surface area contributed by atoms with Crippen LogP contribution in [0.25, 0.3) is 11.1 Å². The zero-order valence-electron chi connectivity index (χ0n) is 17.6. The molecule has 1 amide bonds. The minimum atomic E-state index is -0.137. The van der Waals surface area contributed by atoms with E-state index in [0.29, 0.717) is 11.4 Å². The number of hydrogen-bond acceptors (Lipinski definition) is 5. The van der Waals surface area contributed by atoms with Gasteiger partial charge in [0.2, 0.25) is 0 Å². The van der Waals surface area contributed by atoms with E-state index in [9.17, 15) is 4.79 Å².